The van der Waals surface area contributed by atoms with E-state index in [0.717, 1.165) is 105 Å². The lowest BCUT2D eigenvalue weighted by atomic mass is 9.93. The van der Waals surface area contributed by atoms with Crippen molar-refractivity contribution in [2.24, 2.45) is 0 Å². The molecule has 0 amide bonds. The Hall–Kier alpha value is -7.63. The van der Waals surface area contributed by atoms with Crippen LogP contribution < -0.4 is 0 Å². The molecule has 0 spiro atoms. The number of benzene rings is 7. The Labute approximate surface area is 322 Å². The summed E-state index contributed by atoms with van der Waals surface area (Å²) in [6.07, 6.45) is 3.65. The van der Waals surface area contributed by atoms with Crippen LogP contribution in [0.25, 0.3) is 111 Å². The first kappa shape index (κ1) is 31.9. The summed E-state index contributed by atoms with van der Waals surface area (Å²) in [4.78, 5) is 14.5. The fourth-order valence-corrected chi connectivity index (χ4v) is 7.95. The van der Waals surface area contributed by atoms with Crippen molar-refractivity contribution in [1.29, 1.82) is 0 Å². The summed E-state index contributed by atoms with van der Waals surface area (Å²) in [5.74, 6) is 0.676. The third-order valence-electron chi connectivity index (χ3n) is 10.7. The number of aromatic nitrogens is 3. The van der Waals surface area contributed by atoms with Crippen LogP contribution in [0.4, 0.5) is 0 Å². The average molecular weight is 718 g/mol. The smallest absolute Gasteiger partial charge is 0.160 e. The second-order valence-corrected chi connectivity index (χ2v) is 14.0. The van der Waals surface area contributed by atoms with E-state index in [0.29, 0.717) is 5.82 Å². The molecule has 0 unspecified atom stereocenters. The van der Waals surface area contributed by atoms with Crippen molar-refractivity contribution in [1.82, 2.24) is 15.0 Å². The summed E-state index contributed by atoms with van der Waals surface area (Å²) in [7, 11) is 0. The number of nitrogens with zero attached hydrogens (tertiary/aromatic N) is 3. The second kappa shape index (κ2) is 13.0. The Morgan fingerprint density at radius 1 is 0.339 bits per heavy atom. The molecule has 0 fully saturated rings. The molecule has 0 bridgehead atoms. The summed E-state index contributed by atoms with van der Waals surface area (Å²) < 4.78 is 12.9. The first-order valence-corrected chi connectivity index (χ1v) is 18.7. The summed E-state index contributed by atoms with van der Waals surface area (Å²) in [5, 5.41) is 4.38. The highest BCUT2D eigenvalue weighted by Crippen LogP contribution is 2.43. The monoisotopic (exact) mass is 717 g/mol. The molecule has 5 heteroatoms. The number of furan rings is 2. The van der Waals surface area contributed by atoms with Crippen molar-refractivity contribution < 1.29 is 8.83 Å². The van der Waals surface area contributed by atoms with Gasteiger partial charge in [-0.15, -0.1) is 0 Å². The fraction of sp³-hybridized carbons (Fsp3) is 0. The van der Waals surface area contributed by atoms with E-state index in [1.165, 1.54) is 0 Å². The topological polar surface area (TPSA) is 65.0 Å². The number of rotatable bonds is 6. The van der Waals surface area contributed by atoms with Gasteiger partial charge in [-0.3, -0.25) is 4.98 Å². The second-order valence-electron chi connectivity index (χ2n) is 14.0. The van der Waals surface area contributed by atoms with Gasteiger partial charge in [-0.2, -0.15) is 0 Å². The highest BCUT2D eigenvalue weighted by atomic mass is 16.3. The van der Waals surface area contributed by atoms with E-state index in [1.54, 1.807) is 0 Å². The standard InChI is InChI=1S/C51H31N3O2/c1-2-10-35(11-3-1)51-53-44(31-45(54-51)40-13-5-4-12-37(40)33-26-28-52-29-27-33)34-20-18-32(19-21-34)38-24-25-39(50-49(38)43-15-7-9-17-47(43)56-50)36-22-23-42-41-14-6-8-16-46(41)55-48(42)30-36/h1-31H. The van der Waals surface area contributed by atoms with Crippen LogP contribution in [0.1, 0.15) is 0 Å². The van der Waals surface area contributed by atoms with E-state index >= 15 is 0 Å². The Morgan fingerprint density at radius 2 is 0.946 bits per heavy atom. The molecule has 0 N–H and O–H groups in total. The summed E-state index contributed by atoms with van der Waals surface area (Å²) in [6, 6.07) is 60.6. The van der Waals surface area contributed by atoms with Gasteiger partial charge < -0.3 is 8.83 Å². The van der Waals surface area contributed by atoms with Crippen molar-refractivity contribution in [3.63, 3.8) is 0 Å². The maximum Gasteiger partial charge on any atom is 0.160 e. The molecule has 262 valence electrons. The van der Waals surface area contributed by atoms with Crippen LogP contribution in [0, 0.1) is 0 Å². The lowest BCUT2D eigenvalue weighted by molar-refractivity contribution is 0.668. The Morgan fingerprint density at radius 3 is 1.77 bits per heavy atom. The molecule has 7 aromatic carbocycles. The van der Waals surface area contributed by atoms with Gasteiger partial charge >= 0.3 is 0 Å². The predicted molar refractivity (Wildman–Crippen MR) is 227 cm³/mol. The predicted octanol–water partition coefficient (Wildman–Crippen LogP) is 13.7. The molecular formula is C51H31N3O2. The third-order valence-corrected chi connectivity index (χ3v) is 10.7. The van der Waals surface area contributed by atoms with Crippen LogP contribution >= 0.6 is 0 Å². The summed E-state index contributed by atoms with van der Waals surface area (Å²) >= 11 is 0. The van der Waals surface area contributed by atoms with E-state index in [9.17, 15) is 0 Å². The van der Waals surface area contributed by atoms with Gasteiger partial charge in [0.1, 0.15) is 22.3 Å². The Kier molecular flexibility index (Phi) is 7.42. The molecular weight excluding hydrogens is 687 g/mol. The molecule has 56 heavy (non-hydrogen) atoms. The van der Waals surface area contributed by atoms with E-state index < -0.39 is 0 Å². The SMILES string of the molecule is c1ccc(-c2nc(-c3ccc(-c4ccc(-c5ccc6c(c5)oc5ccccc56)c5oc6ccccc6c45)cc3)cc(-c3ccccc3-c3ccncc3)n2)cc1. The highest BCUT2D eigenvalue weighted by molar-refractivity contribution is 6.17. The van der Waals surface area contributed by atoms with Crippen LogP contribution in [-0.4, -0.2) is 15.0 Å². The van der Waals surface area contributed by atoms with Crippen LogP contribution in [0.5, 0.6) is 0 Å². The number of hydrogen-bond donors (Lipinski definition) is 0. The Bertz CT molecular complexity index is 3240. The fourth-order valence-electron chi connectivity index (χ4n) is 7.95. The van der Waals surface area contributed by atoms with E-state index in [1.807, 2.05) is 73.1 Å². The molecule has 5 nitrogen and oxygen atoms in total. The minimum atomic E-state index is 0.676. The maximum absolute atomic E-state index is 6.67. The van der Waals surface area contributed by atoms with Crippen molar-refractivity contribution in [2.75, 3.05) is 0 Å². The van der Waals surface area contributed by atoms with Gasteiger partial charge in [0.25, 0.3) is 0 Å². The molecule has 11 rings (SSSR count). The number of para-hydroxylation sites is 2. The van der Waals surface area contributed by atoms with Gasteiger partial charge in [0.15, 0.2) is 5.82 Å². The molecule has 0 atom stereocenters. The lowest BCUT2D eigenvalue weighted by Gasteiger charge is -2.13. The minimum Gasteiger partial charge on any atom is -0.456 e. The molecule has 4 aromatic heterocycles. The molecule has 0 radical (unpaired) electrons. The van der Waals surface area contributed by atoms with E-state index in [4.69, 9.17) is 18.8 Å². The van der Waals surface area contributed by atoms with Crippen LogP contribution in [0.3, 0.4) is 0 Å². The zero-order chi connectivity index (χ0) is 37.0. The van der Waals surface area contributed by atoms with Gasteiger partial charge in [-0.05, 0) is 76.3 Å². The lowest BCUT2D eigenvalue weighted by Crippen LogP contribution is -1.97. The first-order chi connectivity index (χ1) is 27.7. The molecule has 4 heterocycles. The van der Waals surface area contributed by atoms with Gasteiger partial charge in [0.05, 0.1) is 11.4 Å². The first-order valence-electron chi connectivity index (χ1n) is 18.7. The summed E-state index contributed by atoms with van der Waals surface area (Å²) in [6.45, 7) is 0. The molecule has 0 aliphatic heterocycles. The van der Waals surface area contributed by atoms with Crippen LogP contribution in [-0.2, 0) is 0 Å². The number of hydrogen-bond acceptors (Lipinski definition) is 5. The van der Waals surface area contributed by atoms with Gasteiger partial charge in [0.2, 0.25) is 0 Å². The molecule has 0 aliphatic carbocycles. The van der Waals surface area contributed by atoms with Crippen molar-refractivity contribution in [3.8, 4) is 67.3 Å². The van der Waals surface area contributed by atoms with Gasteiger partial charge in [0, 0.05) is 56.2 Å². The molecule has 0 aliphatic rings. The third kappa shape index (κ3) is 5.37. The Balaban J connectivity index is 1.03. The van der Waals surface area contributed by atoms with Crippen molar-refractivity contribution in [2.45, 2.75) is 0 Å². The van der Waals surface area contributed by atoms with Crippen LogP contribution in [0.2, 0.25) is 0 Å². The number of fused-ring (bicyclic) bond motifs is 6. The largest absolute Gasteiger partial charge is 0.456 e. The maximum atomic E-state index is 6.67. The van der Waals surface area contributed by atoms with E-state index in [2.05, 4.69) is 120 Å². The summed E-state index contributed by atoms with van der Waals surface area (Å²) in [5.41, 5.74) is 14.6. The van der Waals surface area contributed by atoms with Gasteiger partial charge in [-0.25, -0.2) is 9.97 Å². The highest BCUT2D eigenvalue weighted by Gasteiger charge is 2.19. The zero-order valence-corrected chi connectivity index (χ0v) is 30.1. The van der Waals surface area contributed by atoms with Crippen molar-refractivity contribution in [3.05, 3.63) is 188 Å². The van der Waals surface area contributed by atoms with Gasteiger partial charge in [-0.1, -0.05) is 127 Å². The quantitative estimate of drug-likeness (QED) is 0.171. The molecule has 0 saturated heterocycles. The van der Waals surface area contributed by atoms with Crippen LogP contribution in [0.15, 0.2) is 197 Å². The molecule has 0 saturated carbocycles. The normalized spacial score (nSPS) is 11.6. The zero-order valence-electron chi connectivity index (χ0n) is 30.1. The van der Waals surface area contributed by atoms with E-state index in [-0.39, 0.29) is 0 Å². The number of pyridine rings is 1. The average Bonchev–Trinajstić information content (AvgIpc) is 3.85. The van der Waals surface area contributed by atoms with Crippen molar-refractivity contribution >= 4 is 43.9 Å². The minimum absolute atomic E-state index is 0.676. The molecule has 11 aromatic rings.